The molecule has 2 heterocycles. The summed E-state index contributed by atoms with van der Waals surface area (Å²) >= 11 is 6.11. The van der Waals surface area contributed by atoms with E-state index in [0.717, 1.165) is 62.5 Å². The molecular weight excluding hydrogens is 503 g/mol. The van der Waals surface area contributed by atoms with Crippen LogP contribution in [0.4, 0.5) is 5.69 Å². The van der Waals surface area contributed by atoms with Crippen molar-refractivity contribution in [1.29, 1.82) is 0 Å². The van der Waals surface area contributed by atoms with Gasteiger partial charge in [0.1, 0.15) is 12.2 Å². The molecule has 0 bridgehead atoms. The van der Waals surface area contributed by atoms with Gasteiger partial charge in [-0.2, -0.15) is 5.10 Å². The molecule has 0 spiro atoms. The van der Waals surface area contributed by atoms with Gasteiger partial charge in [0.25, 0.3) is 0 Å². The largest absolute Gasteiger partial charge is 0.369 e. The Hall–Kier alpha value is -1.59. The van der Waals surface area contributed by atoms with Crippen LogP contribution in [0.15, 0.2) is 35.6 Å². The number of aryl methyl sites for hydroxylation is 1. The van der Waals surface area contributed by atoms with E-state index in [4.69, 9.17) is 11.6 Å². The van der Waals surface area contributed by atoms with Gasteiger partial charge in [-0.3, -0.25) is 14.6 Å². The van der Waals surface area contributed by atoms with Gasteiger partial charge in [-0.05, 0) is 31.2 Å². The molecule has 160 valence electrons. The quantitative estimate of drug-likeness (QED) is 0.246. The van der Waals surface area contributed by atoms with Gasteiger partial charge >= 0.3 is 0 Å². The molecule has 0 unspecified atom stereocenters. The summed E-state index contributed by atoms with van der Waals surface area (Å²) in [4.78, 5) is 13.4. The van der Waals surface area contributed by atoms with Gasteiger partial charge in [0.05, 0.1) is 6.54 Å². The molecule has 1 aromatic carbocycles. The Morgan fingerprint density at radius 2 is 2.00 bits per heavy atom. The van der Waals surface area contributed by atoms with Crippen LogP contribution in [-0.4, -0.2) is 71.9 Å². The number of aliphatic imine (C=N–C) groups is 1. The standard InChI is InChI=1S/C19H29ClN8.HI/c1-21-19(23-14-18-24-15-25-26(18)2)22-7-4-8-27-9-11-28(12-10-27)17-6-3-5-16(20)13-17;/h3,5-6,13,15H,4,7-12,14H2,1-2H3,(H2,21,22,23);1H. The summed E-state index contributed by atoms with van der Waals surface area (Å²) < 4.78 is 1.75. The highest BCUT2D eigenvalue weighted by Gasteiger charge is 2.16. The molecule has 1 aliphatic heterocycles. The first-order valence-electron chi connectivity index (χ1n) is 9.66. The number of nitrogens with zero attached hydrogens (tertiary/aromatic N) is 6. The normalized spacial score (nSPS) is 15.1. The lowest BCUT2D eigenvalue weighted by molar-refractivity contribution is 0.255. The highest BCUT2D eigenvalue weighted by molar-refractivity contribution is 14.0. The molecule has 2 N–H and O–H groups in total. The lowest BCUT2D eigenvalue weighted by Crippen LogP contribution is -2.47. The van der Waals surface area contributed by atoms with Crippen molar-refractivity contribution in [3.8, 4) is 0 Å². The van der Waals surface area contributed by atoms with E-state index in [1.807, 2.05) is 25.2 Å². The fourth-order valence-corrected chi connectivity index (χ4v) is 3.46. The van der Waals surface area contributed by atoms with E-state index in [1.165, 1.54) is 5.69 Å². The second kappa shape index (κ2) is 12.2. The second-order valence-electron chi connectivity index (χ2n) is 6.81. The van der Waals surface area contributed by atoms with Crippen LogP contribution in [0, 0.1) is 0 Å². The van der Waals surface area contributed by atoms with Crippen LogP contribution in [0.3, 0.4) is 0 Å². The van der Waals surface area contributed by atoms with Crippen LogP contribution in [-0.2, 0) is 13.6 Å². The molecule has 10 heteroatoms. The third-order valence-corrected chi connectivity index (χ3v) is 5.17. The van der Waals surface area contributed by atoms with Crippen molar-refractivity contribution >= 4 is 47.2 Å². The number of guanidine groups is 1. The maximum absolute atomic E-state index is 6.11. The van der Waals surface area contributed by atoms with Gasteiger partial charge < -0.3 is 15.5 Å². The maximum Gasteiger partial charge on any atom is 0.191 e. The molecule has 0 radical (unpaired) electrons. The van der Waals surface area contributed by atoms with E-state index in [-0.39, 0.29) is 24.0 Å². The zero-order chi connectivity index (χ0) is 19.8. The fraction of sp³-hybridized carbons (Fsp3) is 0.526. The van der Waals surface area contributed by atoms with Crippen LogP contribution < -0.4 is 15.5 Å². The molecular formula is C19H30ClIN8. The number of piperazine rings is 1. The number of hydrogen-bond donors (Lipinski definition) is 2. The van der Waals surface area contributed by atoms with Crippen molar-refractivity contribution in [2.75, 3.05) is 51.2 Å². The average molecular weight is 533 g/mol. The summed E-state index contributed by atoms with van der Waals surface area (Å²) in [5.74, 6) is 1.66. The summed E-state index contributed by atoms with van der Waals surface area (Å²) in [6.45, 7) is 6.78. The fourth-order valence-electron chi connectivity index (χ4n) is 3.28. The van der Waals surface area contributed by atoms with E-state index in [1.54, 1.807) is 18.1 Å². The lowest BCUT2D eigenvalue weighted by atomic mass is 10.2. The second-order valence-corrected chi connectivity index (χ2v) is 7.25. The van der Waals surface area contributed by atoms with Crippen LogP contribution >= 0.6 is 35.6 Å². The SMILES string of the molecule is CN=C(NCCCN1CCN(c2cccc(Cl)c2)CC1)NCc1ncnn1C.I. The number of hydrogen-bond acceptors (Lipinski definition) is 5. The Bertz CT molecular complexity index is 773. The van der Waals surface area contributed by atoms with Crippen LogP contribution in [0.25, 0.3) is 0 Å². The van der Waals surface area contributed by atoms with Crippen molar-refractivity contribution < 1.29 is 0 Å². The highest BCUT2D eigenvalue weighted by Crippen LogP contribution is 2.20. The van der Waals surface area contributed by atoms with Crippen LogP contribution in [0.1, 0.15) is 12.2 Å². The van der Waals surface area contributed by atoms with E-state index >= 15 is 0 Å². The van der Waals surface area contributed by atoms with E-state index < -0.39 is 0 Å². The summed E-state index contributed by atoms with van der Waals surface area (Å²) in [6.07, 6.45) is 2.63. The highest BCUT2D eigenvalue weighted by atomic mass is 127. The zero-order valence-corrected chi connectivity index (χ0v) is 20.1. The van der Waals surface area contributed by atoms with Crippen molar-refractivity contribution in [2.24, 2.45) is 12.0 Å². The minimum Gasteiger partial charge on any atom is -0.369 e. The van der Waals surface area contributed by atoms with Crippen molar-refractivity contribution in [3.63, 3.8) is 0 Å². The van der Waals surface area contributed by atoms with E-state index in [0.29, 0.717) is 6.54 Å². The molecule has 2 aromatic rings. The number of nitrogens with one attached hydrogen (secondary N) is 2. The van der Waals surface area contributed by atoms with E-state index in [2.05, 4.69) is 41.6 Å². The Balaban J connectivity index is 0.00000300. The predicted molar refractivity (Wildman–Crippen MR) is 129 cm³/mol. The molecule has 29 heavy (non-hydrogen) atoms. The lowest BCUT2D eigenvalue weighted by Gasteiger charge is -2.36. The number of rotatable bonds is 7. The molecule has 1 fully saturated rings. The molecule has 8 nitrogen and oxygen atoms in total. The predicted octanol–water partition coefficient (Wildman–Crippen LogP) is 1.96. The maximum atomic E-state index is 6.11. The minimum absolute atomic E-state index is 0. The Morgan fingerprint density at radius 3 is 2.66 bits per heavy atom. The van der Waals surface area contributed by atoms with E-state index in [9.17, 15) is 0 Å². The van der Waals surface area contributed by atoms with Gasteiger partial charge in [-0.15, -0.1) is 24.0 Å². The van der Waals surface area contributed by atoms with Gasteiger partial charge in [0.2, 0.25) is 0 Å². The minimum atomic E-state index is 0. The third kappa shape index (κ3) is 7.31. The summed E-state index contributed by atoms with van der Waals surface area (Å²) in [7, 11) is 3.66. The molecule has 0 atom stereocenters. The number of aromatic nitrogens is 3. The van der Waals surface area contributed by atoms with Gasteiger partial charge in [0.15, 0.2) is 5.96 Å². The summed E-state index contributed by atoms with van der Waals surface area (Å²) in [6, 6.07) is 8.11. The number of anilines is 1. The zero-order valence-electron chi connectivity index (χ0n) is 17.0. The molecule has 1 aromatic heterocycles. The van der Waals surface area contributed by atoms with Crippen molar-refractivity contribution in [3.05, 3.63) is 41.4 Å². The number of benzene rings is 1. The third-order valence-electron chi connectivity index (χ3n) is 4.93. The van der Waals surface area contributed by atoms with Crippen LogP contribution in [0.5, 0.6) is 0 Å². The summed E-state index contributed by atoms with van der Waals surface area (Å²) in [5.41, 5.74) is 1.21. The van der Waals surface area contributed by atoms with Gasteiger partial charge in [-0.25, -0.2) is 4.98 Å². The Morgan fingerprint density at radius 1 is 1.21 bits per heavy atom. The average Bonchev–Trinajstić information content (AvgIpc) is 3.13. The molecule has 1 saturated heterocycles. The van der Waals surface area contributed by atoms with Gasteiger partial charge in [0, 0.05) is 57.5 Å². The molecule has 0 saturated carbocycles. The molecule has 0 amide bonds. The summed E-state index contributed by atoms with van der Waals surface area (Å²) in [5, 5.41) is 11.5. The Kier molecular flexibility index (Phi) is 9.95. The van der Waals surface area contributed by atoms with Gasteiger partial charge in [-0.1, -0.05) is 17.7 Å². The first kappa shape index (κ1) is 23.7. The molecule has 3 rings (SSSR count). The first-order valence-corrected chi connectivity index (χ1v) is 10.0. The monoisotopic (exact) mass is 532 g/mol. The number of halogens is 2. The Labute approximate surface area is 194 Å². The topological polar surface area (TPSA) is 73.6 Å². The smallest absolute Gasteiger partial charge is 0.191 e. The van der Waals surface area contributed by atoms with Crippen LogP contribution in [0.2, 0.25) is 5.02 Å². The van der Waals surface area contributed by atoms with Crippen molar-refractivity contribution in [2.45, 2.75) is 13.0 Å². The first-order chi connectivity index (χ1) is 13.7. The molecule has 0 aliphatic carbocycles. The molecule has 1 aliphatic rings. The van der Waals surface area contributed by atoms with Crippen molar-refractivity contribution in [1.82, 2.24) is 30.3 Å².